The third kappa shape index (κ3) is 17.1. The monoisotopic (exact) mass is 268 g/mol. The molecule has 0 aliphatic rings. The van der Waals surface area contributed by atoms with Gasteiger partial charge < -0.3 is 12.8 Å². The van der Waals surface area contributed by atoms with Crippen LogP contribution in [-0.4, -0.2) is 40.4 Å². The van der Waals surface area contributed by atoms with Crippen LogP contribution in [0.2, 0.25) is 0 Å². The molecule has 0 aliphatic heterocycles. The van der Waals surface area contributed by atoms with Crippen molar-refractivity contribution in [3.8, 4) is 0 Å². The summed E-state index contributed by atoms with van der Waals surface area (Å²) in [6.07, 6.45) is 0. The average molecular weight is 268 g/mol. The Hall–Kier alpha value is 1.07. The maximum atomic E-state index is 5.88. The van der Waals surface area contributed by atoms with Gasteiger partial charge in [0.15, 0.2) is 0 Å². The first-order chi connectivity index (χ1) is 6.79. The summed E-state index contributed by atoms with van der Waals surface area (Å²) in [4.78, 5) is 0. The zero-order valence-electron chi connectivity index (χ0n) is 14.3. The molecule has 0 N–H and O–H groups in total. The van der Waals surface area contributed by atoms with Gasteiger partial charge in [0.2, 0.25) is 0 Å². The van der Waals surface area contributed by atoms with Gasteiger partial charge in [0, 0.05) is 16.8 Å². The maximum absolute atomic E-state index is 5.88. The Labute approximate surface area is 134 Å². The first-order valence-electron chi connectivity index (χ1n) is 5.82. The molecule has 0 atom stereocenters. The van der Waals surface area contributed by atoms with E-state index in [2.05, 4.69) is 0 Å². The molecule has 0 aliphatic carbocycles. The minimum absolute atomic E-state index is 0. The van der Waals surface area contributed by atoms with Gasteiger partial charge in [-0.2, -0.15) is 0 Å². The molecular formula is C12H31AlBLiO3. The summed E-state index contributed by atoms with van der Waals surface area (Å²) in [5.41, 5.74) is -0.686. The molecule has 0 amide bonds. The Bertz CT molecular complexity index is 186. The van der Waals surface area contributed by atoms with Gasteiger partial charge in [0.1, 0.15) is 0 Å². The van der Waals surface area contributed by atoms with E-state index in [1.165, 1.54) is 0 Å². The molecule has 3 nitrogen and oxygen atoms in total. The largest absolute Gasteiger partial charge is 1.00 e. The summed E-state index contributed by atoms with van der Waals surface area (Å²) >= 11 is -2.11. The molecule has 0 radical (unpaired) electrons. The van der Waals surface area contributed by atoms with Crippen LogP contribution in [0.5, 0.6) is 0 Å². The second-order valence-corrected chi connectivity index (χ2v) is 8.26. The van der Waals surface area contributed by atoms with Crippen molar-refractivity contribution in [2.24, 2.45) is 0 Å². The smallest absolute Gasteiger partial charge is 1.00 e. The summed E-state index contributed by atoms with van der Waals surface area (Å²) in [5, 5.41) is 0. The molecule has 6 heteroatoms. The Morgan fingerprint density at radius 1 is 0.611 bits per heavy atom. The molecular weight excluding hydrogens is 237 g/mol. The van der Waals surface area contributed by atoms with Crippen molar-refractivity contribution in [3.05, 3.63) is 0 Å². The van der Waals surface area contributed by atoms with E-state index in [0.717, 1.165) is 0 Å². The predicted molar refractivity (Wildman–Crippen MR) is 79.3 cm³/mol. The third-order valence-electron chi connectivity index (χ3n) is 1.35. The maximum Gasteiger partial charge on any atom is 1.00 e. The van der Waals surface area contributed by atoms with E-state index in [9.17, 15) is 0 Å². The SMILES string of the molecule is B.CC(C)(C)[O][Al]([O]C(C)(C)C)[O]C(C)(C)C.[H-].[Li+]. The van der Waals surface area contributed by atoms with Crippen LogP contribution >= 0.6 is 0 Å². The topological polar surface area (TPSA) is 27.7 Å². The van der Waals surface area contributed by atoms with E-state index in [4.69, 9.17) is 11.4 Å². The van der Waals surface area contributed by atoms with E-state index in [0.29, 0.717) is 0 Å². The Morgan fingerprint density at radius 3 is 0.889 bits per heavy atom. The van der Waals surface area contributed by atoms with Crippen LogP contribution in [0, 0.1) is 0 Å². The molecule has 0 saturated carbocycles. The minimum Gasteiger partial charge on any atom is -1.00 e. The predicted octanol–water partition coefficient (Wildman–Crippen LogP) is -0.651. The molecule has 0 saturated heterocycles. The van der Waals surface area contributed by atoms with E-state index in [-0.39, 0.29) is 45.5 Å². The Balaban J connectivity index is -0.000000375. The number of rotatable bonds is 3. The van der Waals surface area contributed by atoms with E-state index in [1.807, 2.05) is 62.3 Å². The van der Waals surface area contributed by atoms with Crippen LogP contribution in [0.4, 0.5) is 0 Å². The molecule has 0 aromatic carbocycles. The zero-order chi connectivity index (χ0) is 13.2. The normalized spacial score (nSPS) is 12.5. The van der Waals surface area contributed by atoms with Gasteiger partial charge in [-0.1, -0.05) is 0 Å². The summed E-state index contributed by atoms with van der Waals surface area (Å²) in [6, 6.07) is 0. The Kier molecular flexibility index (Phi) is 11.2. The summed E-state index contributed by atoms with van der Waals surface area (Å²) in [7, 11) is 0. The van der Waals surface area contributed by atoms with Crippen molar-refractivity contribution in [1.82, 2.24) is 0 Å². The molecule has 0 unspecified atom stereocenters. The van der Waals surface area contributed by atoms with Crippen LogP contribution in [-0.2, 0) is 11.4 Å². The summed E-state index contributed by atoms with van der Waals surface area (Å²) < 4.78 is 17.7. The van der Waals surface area contributed by atoms with Crippen LogP contribution in [0.3, 0.4) is 0 Å². The molecule has 0 aromatic heterocycles. The first-order valence-corrected chi connectivity index (χ1v) is 7.23. The third-order valence-corrected chi connectivity index (χ3v) is 4.05. The van der Waals surface area contributed by atoms with Crippen LogP contribution in [0.1, 0.15) is 63.7 Å². The van der Waals surface area contributed by atoms with E-state index in [1.54, 1.807) is 0 Å². The standard InChI is InChI=1S/3C4H9O.Al.BH3.Li.H/c3*1-4(2,3)5;;;;/h3*1-3H3;;1H3;;/q3*-1;+3;;+1;-1. The van der Waals surface area contributed by atoms with Gasteiger partial charge in [-0.15, -0.1) is 0 Å². The quantitative estimate of drug-likeness (QED) is 0.637. The average Bonchev–Trinajstić information content (AvgIpc) is 1.70. The summed E-state index contributed by atoms with van der Waals surface area (Å²) in [5.74, 6) is 0. The molecule has 0 fully saturated rings. The van der Waals surface area contributed by atoms with Crippen LogP contribution in [0.15, 0.2) is 0 Å². The van der Waals surface area contributed by atoms with Crippen molar-refractivity contribution in [2.75, 3.05) is 0 Å². The van der Waals surface area contributed by atoms with Crippen LogP contribution < -0.4 is 18.9 Å². The van der Waals surface area contributed by atoms with Crippen molar-refractivity contribution in [3.63, 3.8) is 0 Å². The van der Waals surface area contributed by atoms with E-state index >= 15 is 0 Å². The fraction of sp³-hybridized carbons (Fsp3) is 1.00. The van der Waals surface area contributed by atoms with Gasteiger partial charge in [-0.05, 0) is 62.3 Å². The van der Waals surface area contributed by atoms with Gasteiger partial charge in [0.05, 0.1) is 8.41 Å². The Morgan fingerprint density at radius 2 is 0.778 bits per heavy atom. The minimum atomic E-state index is -2.11. The molecule has 104 valence electrons. The zero-order valence-corrected chi connectivity index (χ0v) is 14.5. The fourth-order valence-corrected chi connectivity index (χ4v) is 2.81. The van der Waals surface area contributed by atoms with Crippen molar-refractivity contribution < 1.29 is 31.7 Å². The molecule has 0 heterocycles. The van der Waals surface area contributed by atoms with Gasteiger partial charge in [-0.25, -0.2) is 0 Å². The van der Waals surface area contributed by atoms with Crippen molar-refractivity contribution in [2.45, 2.75) is 79.1 Å². The van der Waals surface area contributed by atoms with Crippen molar-refractivity contribution >= 4 is 23.6 Å². The van der Waals surface area contributed by atoms with Crippen molar-refractivity contribution in [1.29, 1.82) is 0 Å². The molecule has 0 spiro atoms. The molecule has 18 heavy (non-hydrogen) atoms. The number of hydrogen-bond donors (Lipinski definition) is 0. The van der Waals surface area contributed by atoms with Crippen LogP contribution in [0.25, 0.3) is 0 Å². The first kappa shape index (κ1) is 24.1. The van der Waals surface area contributed by atoms with Gasteiger partial charge in [-0.3, -0.25) is 0 Å². The summed E-state index contributed by atoms with van der Waals surface area (Å²) in [6.45, 7) is 18.2. The molecule has 0 bridgehead atoms. The second-order valence-electron chi connectivity index (χ2n) is 6.98. The second kappa shape index (κ2) is 8.38. The molecule has 0 aromatic rings. The fourth-order valence-electron chi connectivity index (χ4n) is 0.938. The van der Waals surface area contributed by atoms with Gasteiger partial charge in [0.25, 0.3) is 0 Å². The molecule has 0 rings (SSSR count). The van der Waals surface area contributed by atoms with E-state index < -0.39 is 15.1 Å². The van der Waals surface area contributed by atoms with Gasteiger partial charge >= 0.3 is 34.0 Å². The number of hydrogen-bond acceptors (Lipinski definition) is 3.